The van der Waals surface area contributed by atoms with Crippen LogP contribution in [0.2, 0.25) is 0 Å². The van der Waals surface area contributed by atoms with Gasteiger partial charge in [0.15, 0.2) is 0 Å². The lowest BCUT2D eigenvalue weighted by atomic mass is 9.73. The van der Waals surface area contributed by atoms with Gasteiger partial charge in [-0.25, -0.2) is 0 Å². The normalized spacial score (nSPS) is 17.9. The molecule has 5 nitrogen and oxygen atoms in total. The predicted octanol–water partition coefficient (Wildman–Crippen LogP) is 5.18. The molecule has 4 rings (SSSR count). The highest BCUT2D eigenvalue weighted by Gasteiger charge is 2.50. The van der Waals surface area contributed by atoms with E-state index in [1.54, 1.807) is 12.4 Å². The number of pyridine rings is 1. The molecule has 0 fully saturated rings. The number of nitrogens with zero attached hydrogens (tertiary/aromatic N) is 3. The molecule has 0 aliphatic carbocycles. The summed E-state index contributed by atoms with van der Waals surface area (Å²) in [6.45, 7) is 0.281. The number of para-hydroxylation sites is 2. The first-order chi connectivity index (χ1) is 14.3. The van der Waals surface area contributed by atoms with Crippen molar-refractivity contribution in [1.29, 1.82) is 0 Å². The standard InChI is InChI=1S/C24H23N3O2/c28-23-24(14-6-7-15-26-29,18-19-12-16-25-17-13-19)21-10-4-5-11-22(21)27(23)20-8-2-1-3-9-20/h1-5,8-13,16-17H,6-7,14-15,18H2. The van der Waals surface area contributed by atoms with E-state index in [0.717, 1.165) is 28.9 Å². The molecule has 0 bridgehead atoms. The first-order valence-corrected chi connectivity index (χ1v) is 9.93. The van der Waals surface area contributed by atoms with E-state index in [1.165, 1.54) is 0 Å². The Hall–Kier alpha value is -3.34. The molecule has 2 aromatic carbocycles. The fourth-order valence-corrected chi connectivity index (χ4v) is 4.30. The number of anilines is 2. The van der Waals surface area contributed by atoms with Gasteiger partial charge in [-0.2, -0.15) is 4.91 Å². The number of carbonyl (C=O) groups is 1. The molecular weight excluding hydrogens is 362 g/mol. The van der Waals surface area contributed by atoms with E-state index in [0.29, 0.717) is 19.3 Å². The largest absolute Gasteiger partial charge is 0.280 e. The van der Waals surface area contributed by atoms with E-state index in [1.807, 2.05) is 65.6 Å². The summed E-state index contributed by atoms with van der Waals surface area (Å²) in [4.78, 5) is 30.5. The number of carbonyl (C=O) groups excluding carboxylic acids is 1. The van der Waals surface area contributed by atoms with Crippen molar-refractivity contribution in [2.45, 2.75) is 31.1 Å². The Morgan fingerprint density at radius 2 is 1.62 bits per heavy atom. The number of hydrogen-bond donors (Lipinski definition) is 0. The van der Waals surface area contributed by atoms with E-state index in [4.69, 9.17) is 0 Å². The van der Waals surface area contributed by atoms with Gasteiger partial charge in [0.05, 0.1) is 17.6 Å². The second-order valence-corrected chi connectivity index (χ2v) is 7.42. The van der Waals surface area contributed by atoms with Crippen LogP contribution in [0.3, 0.4) is 0 Å². The number of aromatic nitrogens is 1. The second kappa shape index (κ2) is 8.35. The van der Waals surface area contributed by atoms with Crippen molar-refractivity contribution in [2.24, 2.45) is 5.18 Å². The summed E-state index contributed by atoms with van der Waals surface area (Å²) in [6, 6.07) is 21.8. The third-order valence-electron chi connectivity index (χ3n) is 5.65. The van der Waals surface area contributed by atoms with E-state index >= 15 is 0 Å². The zero-order chi connectivity index (χ0) is 20.1. The Balaban J connectivity index is 1.80. The summed E-state index contributed by atoms with van der Waals surface area (Å²) in [7, 11) is 0. The molecule has 1 unspecified atom stereocenters. The molecule has 1 amide bonds. The monoisotopic (exact) mass is 385 g/mol. The molecule has 1 aliphatic heterocycles. The molecule has 0 radical (unpaired) electrons. The third kappa shape index (κ3) is 3.56. The molecular formula is C24H23N3O2. The summed E-state index contributed by atoms with van der Waals surface area (Å²) in [6.07, 6.45) is 6.24. The number of hydrogen-bond acceptors (Lipinski definition) is 4. The Morgan fingerprint density at radius 1 is 0.897 bits per heavy atom. The summed E-state index contributed by atoms with van der Waals surface area (Å²) in [5.41, 5.74) is 3.26. The summed E-state index contributed by atoms with van der Waals surface area (Å²) in [5, 5.41) is 2.98. The van der Waals surface area contributed by atoms with Gasteiger partial charge < -0.3 is 0 Å². The molecule has 1 aliphatic rings. The van der Waals surface area contributed by atoms with Gasteiger partial charge in [-0.05, 0) is 60.7 Å². The van der Waals surface area contributed by atoms with Crippen LogP contribution in [-0.2, 0) is 16.6 Å². The van der Waals surface area contributed by atoms with Crippen LogP contribution in [0.5, 0.6) is 0 Å². The highest BCUT2D eigenvalue weighted by atomic mass is 16.3. The first kappa shape index (κ1) is 19.0. The highest BCUT2D eigenvalue weighted by Crippen LogP contribution is 2.49. The average molecular weight is 385 g/mol. The molecule has 0 saturated heterocycles. The second-order valence-electron chi connectivity index (χ2n) is 7.42. The predicted molar refractivity (Wildman–Crippen MR) is 114 cm³/mol. The molecule has 5 heteroatoms. The minimum Gasteiger partial charge on any atom is -0.280 e. The van der Waals surface area contributed by atoms with Gasteiger partial charge in [0.2, 0.25) is 5.91 Å². The Morgan fingerprint density at radius 3 is 2.38 bits per heavy atom. The number of nitroso groups, excluding NO2 is 1. The number of unbranched alkanes of at least 4 members (excludes halogenated alkanes) is 1. The SMILES string of the molecule is O=NCCCCC1(Cc2ccncc2)C(=O)N(c2ccccc2)c2ccccc21. The van der Waals surface area contributed by atoms with Gasteiger partial charge >= 0.3 is 0 Å². The average Bonchev–Trinajstić information content (AvgIpc) is 3.01. The van der Waals surface area contributed by atoms with Gasteiger partial charge in [-0.15, -0.1) is 0 Å². The summed E-state index contributed by atoms with van der Waals surface area (Å²) < 4.78 is 0. The quantitative estimate of drug-likeness (QED) is 0.397. The highest BCUT2D eigenvalue weighted by molar-refractivity contribution is 6.13. The zero-order valence-electron chi connectivity index (χ0n) is 16.2. The van der Waals surface area contributed by atoms with Crippen LogP contribution in [0.25, 0.3) is 0 Å². The lowest BCUT2D eigenvalue weighted by Crippen LogP contribution is -2.40. The minimum absolute atomic E-state index is 0.0841. The van der Waals surface area contributed by atoms with Crippen LogP contribution < -0.4 is 4.90 Å². The minimum atomic E-state index is -0.670. The van der Waals surface area contributed by atoms with Crippen molar-refractivity contribution >= 4 is 17.3 Å². The maximum atomic E-state index is 14.0. The van der Waals surface area contributed by atoms with Crippen LogP contribution >= 0.6 is 0 Å². The lowest BCUT2D eigenvalue weighted by molar-refractivity contribution is -0.122. The molecule has 0 spiro atoms. The van der Waals surface area contributed by atoms with E-state index in [2.05, 4.69) is 16.2 Å². The summed E-state index contributed by atoms with van der Waals surface area (Å²) in [5.74, 6) is 0.0841. The molecule has 29 heavy (non-hydrogen) atoms. The van der Waals surface area contributed by atoms with Crippen molar-refractivity contribution in [3.05, 3.63) is 95.2 Å². The fraction of sp³-hybridized carbons (Fsp3) is 0.250. The first-order valence-electron chi connectivity index (χ1n) is 9.93. The van der Waals surface area contributed by atoms with Gasteiger partial charge in [-0.1, -0.05) is 48.0 Å². The maximum absolute atomic E-state index is 14.0. The fourth-order valence-electron chi connectivity index (χ4n) is 4.30. The third-order valence-corrected chi connectivity index (χ3v) is 5.65. The van der Waals surface area contributed by atoms with Crippen molar-refractivity contribution in [3.8, 4) is 0 Å². The number of amides is 1. The van der Waals surface area contributed by atoms with E-state index < -0.39 is 5.41 Å². The molecule has 0 saturated carbocycles. The Labute approximate surface area is 170 Å². The van der Waals surface area contributed by atoms with Crippen molar-refractivity contribution in [2.75, 3.05) is 11.4 Å². The van der Waals surface area contributed by atoms with Crippen molar-refractivity contribution in [3.63, 3.8) is 0 Å². The van der Waals surface area contributed by atoms with Crippen molar-refractivity contribution < 1.29 is 4.79 Å². The van der Waals surface area contributed by atoms with Crippen LogP contribution in [0, 0.1) is 4.91 Å². The molecule has 2 heterocycles. The zero-order valence-corrected chi connectivity index (χ0v) is 16.2. The van der Waals surface area contributed by atoms with Gasteiger partial charge in [-0.3, -0.25) is 14.7 Å². The Kier molecular flexibility index (Phi) is 5.47. The van der Waals surface area contributed by atoms with Crippen LogP contribution in [-0.4, -0.2) is 17.4 Å². The van der Waals surface area contributed by atoms with Gasteiger partial charge in [0, 0.05) is 18.1 Å². The molecule has 1 atom stereocenters. The van der Waals surface area contributed by atoms with E-state index in [9.17, 15) is 9.70 Å². The number of fused-ring (bicyclic) bond motifs is 1. The molecule has 3 aromatic rings. The number of benzene rings is 2. The van der Waals surface area contributed by atoms with Gasteiger partial charge in [0.25, 0.3) is 0 Å². The van der Waals surface area contributed by atoms with Crippen LogP contribution in [0.4, 0.5) is 11.4 Å². The van der Waals surface area contributed by atoms with E-state index in [-0.39, 0.29) is 12.5 Å². The Bertz CT molecular complexity index is 991. The molecule has 0 N–H and O–H groups in total. The summed E-state index contributed by atoms with van der Waals surface area (Å²) >= 11 is 0. The number of rotatable bonds is 8. The molecule has 1 aromatic heterocycles. The van der Waals surface area contributed by atoms with Crippen molar-refractivity contribution in [1.82, 2.24) is 4.98 Å². The van der Waals surface area contributed by atoms with Crippen LogP contribution in [0.15, 0.2) is 84.3 Å². The maximum Gasteiger partial charge on any atom is 0.242 e. The van der Waals surface area contributed by atoms with Gasteiger partial charge in [0.1, 0.15) is 0 Å². The lowest BCUT2D eigenvalue weighted by Gasteiger charge is -2.29. The smallest absolute Gasteiger partial charge is 0.242 e. The van der Waals surface area contributed by atoms with Crippen LogP contribution in [0.1, 0.15) is 30.4 Å². The topological polar surface area (TPSA) is 62.6 Å². The molecule has 146 valence electrons.